The summed E-state index contributed by atoms with van der Waals surface area (Å²) in [6, 6.07) is 0. The van der Waals surface area contributed by atoms with Crippen LogP contribution in [0.4, 0.5) is 5.82 Å². The number of nitrogens with one attached hydrogen (secondary N) is 3. The number of piperazine rings is 2. The summed E-state index contributed by atoms with van der Waals surface area (Å²) < 4.78 is 5.21. The second-order valence-electron chi connectivity index (χ2n) is 4.65. The van der Waals surface area contributed by atoms with Crippen LogP contribution in [0.1, 0.15) is 0 Å². The van der Waals surface area contributed by atoms with Gasteiger partial charge in [-0.3, -0.25) is 0 Å². The summed E-state index contributed by atoms with van der Waals surface area (Å²) in [6.45, 7) is 8.47. The van der Waals surface area contributed by atoms with E-state index < -0.39 is 0 Å². The molecule has 1 aromatic heterocycles. The summed E-state index contributed by atoms with van der Waals surface area (Å²) in [7, 11) is 1.64. The zero-order valence-corrected chi connectivity index (χ0v) is 12.1. The number of nitrogens with zero attached hydrogens (tertiary/aromatic N) is 3. The molecule has 1 aromatic rings. The predicted molar refractivity (Wildman–Crippen MR) is 79.4 cm³/mol. The van der Waals surface area contributed by atoms with Gasteiger partial charge in [0.05, 0.1) is 13.3 Å². The molecular formula is C13H24N6O. The van der Waals surface area contributed by atoms with Crippen LogP contribution in [-0.4, -0.2) is 69.4 Å². The van der Waals surface area contributed by atoms with Crippen LogP contribution in [0.3, 0.4) is 0 Å². The number of rotatable bonds is 2. The fourth-order valence-corrected chi connectivity index (χ4v) is 2.17. The first kappa shape index (κ1) is 15.0. The standard InChI is InChI=1S/C9H14N4O.C4H10N2/c1-14-8-6-11-7-12-9(8)13-4-2-10-3-5-13;1-2-6-4-3-5-1/h6-7,10H,2-5H2,1H3;5-6H,1-4H2. The molecule has 112 valence electrons. The Kier molecular flexibility index (Phi) is 6.49. The Morgan fingerprint density at radius 2 is 1.60 bits per heavy atom. The van der Waals surface area contributed by atoms with Gasteiger partial charge in [-0.15, -0.1) is 0 Å². The lowest BCUT2D eigenvalue weighted by Crippen LogP contribution is -2.44. The maximum atomic E-state index is 5.21. The second-order valence-corrected chi connectivity index (χ2v) is 4.65. The third kappa shape index (κ3) is 4.59. The lowest BCUT2D eigenvalue weighted by Gasteiger charge is -2.28. The largest absolute Gasteiger partial charge is 0.491 e. The van der Waals surface area contributed by atoms with E-state index in [9.17, 15) is 0 Å². The van der Waals surface area contributed by atoms with Crippen molar-refractivity contribution >= 4 is 5.82 Å². The molecule has 0 bridgehead atoms. The van der Waals surface area contributed by atoms with E-state index in [0.29, 0.717) is 0 Å². The minimum Gasteiger partial charge on any atom is -0.491 e. The lowest BCUT2D eigenvalue weighted by molar-refractivity contribution is 0.408. The van der Waals surface area contributed by atoms with Crippen LogP contribution >= 0.6 is 0 Å². The van der Waals surface area contributed by atoms with Crippen molar-refractivity contribution in [2.75, 3.05) is 64.4 Å². The van der Waals surface area contributed by atoms with Crippen molar-refractivity contribution in [3.05, 3.63) is 12.5 Å². The van der Waals surface area contributed by atoms with Gasteiger partial charge >= 0.3 is 0 Å². The van der Waals surface area contributed by atoms with Gasteiger partial charge in [0.15, 0.2) is 11.6 Å². The minimum absolute atomic E-state index is 0.745. The Morgan fingerprint density at radius 3 is 2.15 bits per heavy atom. The van der Waals surface area contributed by atoms with Gasteiger partial charge in [0.1, 0.15) is 6.33 Å². The van der Waals surface area contributed by atoms with Crippen molar-refractivity contribution in [3.8, 4) is 5.75 Å². The highest BCUT2D eigenvalue weighted by molar-refractivity contribution is 5.50. The van der Waals surface area contributed by atoms with E-state index in [-0.39, 0.29) is 0 Å². The maximum Gasteiger partial charge on any atom is 0.179 e. The molecule has 3 heterocycles. The molecule has 2 aliphatic heterocycles. The van der Waals surface area contributed by atoms with E-state index >= 15 is 0 Å². The van der Waals surface area contributed by atoms with E-state index in [1.165, 1.54) is 0 Å². The van der Waals surface area contributed by atoms with Gasteiger partial charge in [-0.05, 0) is 0 Å². The Balaban J connectivity index is 0.000000205. The van der Waals surface area contributed by atoms with Crippen LogP contribution in [-0.2, 0) is 0 Å². The number of methoxy groups -OCH3 is 1. The SMILES string of the molecule is C1CNCCN1.COc1cncnc1N1CCNCC1. The molecule has 0 aliphatic carbocycles. The molecule has 0 saturated carbocycles. The fourth-order valence-electron chi connectivity index (χ4n) is 2.17. The first-order valence-corrected chi connectivity index (χ1v) is 7.13. The zero-order chi connectivity index (χ0) is 14.0. The van der Waals surface area contributed by atoms with Gasteiger partial charge in [0, 0.05) is 52.4 Å². The Labute approximate surface area is 120 Å². The van der Waals surface area contributed by atoms with E-state index in [2.05, 4.69) is 30.8 Å². The van der Waals surface area contributed by atoms with E-state index in [1.807, 2.05) is 0 Å². The number of ether oxygens (including phenoxy) is 1. The van der Waals surface area contributed by atoms with Gasteiger partial charge in [-0.1, -0.05) is 0 Å². The van der Waals surface area contributed by atoms with Crippen LogP contribution in [0.15, 0.2) is 12.5 Å². The van der Waals surface area contributed by atoms with Gasteiger partial charge in [-0.25, -0.2) is 9.97 Å². The normalized spacial score (nSPS) is 18.9. The lowest BCUT2D eigenvalue weighted by atomic mass is 10.3. The van der Waals surface area contributed by atoms with Crippen molar-refractivity contribution in [3.63, 3.8) is 0 Å². The molecule has 0 unspecified atom stereocenters. The number of anilines is 1. The molecule has 2 saturated heterocycles. The quantitative estimate of drug-likeness (QED) is 0.646. The average Bonchev–Trinajstić information content (AvgIpc) is 2.58. The first-order chi connectivity index (χ1) is 9.92. The Bertz CT molecular complexity index is 367. The summed E-state index contributed by atoms with van der Waals surface area (Å²) in [6.07, 6.45) is 3.25. The molecule has 20 heavy (non-hydrogen) atoms. The average molecular weight is 280 g/mol. The Hall–Kier alpha value is -1.44. The summed E-state index contributed by atoms with van der Waals surface area (Å²) in [5.74, 6) is 1.64. The van der Waals surface area contributed by atoms with Crippen molar-refractivity contribution in [2.45, 2.75) is 0 Å². The monoisotopic (exact) mass is 280 g/mol. The first-order valence-electron chi connectivity index (χ1n) is 7.13. The number of hydrogen-bond acceptors (Lipinski definition) is 7. The van der Waals surface area contributed by atoms with Gasteiger partial charge in [-0.2, -0.15) is 0 Å². The van der Waals surface area contributed by atoms with Crippen LogP contribution in [0, 0.1) is 0 Å². The van der Waals surface area contributed by atoms with Crippen molar-refractivity contribution < 1.29 is 4.74 Å². The summed E-state index contributed by atoms with van der Waals surface area (Å²) >= 11 is 0. The molecule has 0 atom stereocenters. The van der Waals surface area contributed by atoms with Gasteiger partial charge < -0.3 is 25.6 Å². The highest BCUT2D eigenvalue weighted by Crippen LogP contribution is 2.23. The Morgan fingerprint density at radius 1 is 1.00 bits per heavy atom. The zero-order valence-electron chi connectivity index (χ0n) is 12.1. The third-order valence-corrected chi connectivity index (χ3v) is 3.25. The molecule has 2 aliphatic rings. The molecule has 3 rings (SSSR count). The molecule has 0 spiro atoms. The van der Waals surface area contributed by atoms with Crippen LogP contribution in [0.5, 0.6) is 5.75 Å². The second kappa shape index (κ2) is 8.68. The van der Waals surface area contributed by atoms with Crippen molar-refractivity contribution in [1.82, 2.24) is 25.9 Å². The fraction of sp³-hybridized carbons (Fsp3) is 0.692. The topological polar surface area (TPSA) is 74.3 Å². The van der Waals surface area contributed by atoms with Crippen LogP contribution < -0.4 is 25.6 Å². The number of hydrogen-bond donors (Lipinski definition) is 3. The molecular weight excluding hydrogens is 256 g/mol. The molecule has 0 aromatic carbocycles. The van der Waals surface area contributed by atoms with Crippen molar-refractivity contribution in [1.29, 1.82) is 0 Å². The predicted octanol–water partition coefficient (Wildman–Crippen LogP) is -0.926. The van der Waals surface area contributed by atoms with E-state index in [1.54, 1.807) is 19.6 Å². The smallest absolute Gasteiger partial charge is 0.179 e. The van der Waals surface area contributed by atoms with E-state index in [4.69, 9.17) is 4.74 Å². The maximum absolute atomic E-state index is 5.21. The van der Waals surface area contributed by atoms with E-state index in [0.717, 1.165) is 63.9 Å². The highest BCUT2D eigenvalue weighted by atomic mass is 16.5. The number of aromatic nitrogens is 2. The van der Waals surface area contributed by atoms with Crippen LogP contribution in [0.25, 0.3) is 0 Å². The minimum atomic E-state index is 0.745. The highest BCUT2D eigenvalue weighted by Gasteiger charge is 2.15. The third-order valence-electron chi connectivity index (χ3n) is 3.25. The van der Waals surface area contributed by atoms with Crippen molar-refractivity contribution in [2.24, 2.45) is 0 Å². The molecule has 7 heteroatoms. The summed E-state index contributed by atoms with van der Waals surface area (Å²) in [5, 5.41) is 9.74. The summed E-state index contributed by atoms with van der Waals surface area (Å²) in [4.78, 5) is 10.4. The molecule has 2 fully saturated rings. The van der Waals surface area contributed by atoms with Gasteiger partial charge in [0.25, 0.3) is 0 Å². The molecule has 0 radical (unpaired) electrons. The van der Waals surface area contributed by atoms with Gasteiger partial charge in [0.2, 0.25) is 0 Å². The molecule has 0 amide bonds. The summed E-state index contributed by atoms with van der Waals surface area (Å²) in [5.41, 5.74) is 0. The molecule has 7 nitrogen and oxygen atoms in total. The van der Waals surface area contributed by atoms with Crippen LogP contribution in [0.2, 0.25) is 0 Å². The molecule has 3 N–H and O–H groups in total.